The Bertz CT molecular complexity index is 1660. The van der Waals surface area contributed by atoms with Gasteiger partial charge in [-0.2, -0.15) is 0 Å². The molecule has 1 saturated carbocycles. The molecule has 2 atom stereocenters. The van der Waals surface area contributed by atoms with Gasteiger partial charge < -0.3 is 19.5 Å². The highest BCUT2D eigenvalue weighted by molar-refractivity contribution is 6.45. The number of hydrogen-bond donors (Lipinski definition) is 1. The van der Waals surface area contributed by atoms with Crippen LogP contribution in [0.25, 0.3) is 10.9 Å². The lowest BCUT2D eigenvalue weighted by Crippen LogP contribution is -2.40. The zero-order chi connectivity index (χ0) is 28.5. The van der Waals surface area contributed by atoms with Gasteiger partial charge in [-0.15, -0.1) is 0 Å². The topological polar surface area (TPSA) is 97.7 Å². The van der Waals surface area contributed by atoms with Crippen LogP contribution in [0, 0.1) is 5.92 Å². The number of hydrogen-bond acceptors (Lipinski definition) is 5. The van der Waals surface area contributed by atoms with Gasteiger partial charge in [0.15, 0.2) is 0 Å². The minimum absolute atomic E-state index is 0.0832. The molecule has 0 bridgehead atoms. The monoisotopic (exact) mass is 549 g/mol. The molecule has 6 rings (SSSR count). The highest BCUT2D eigenvalue weighted by Crippen LogP contribution is 2.48. The molecule has 8 nitrogen and oxygen atoms in total. The molecular formula is C33H31N3O5. The van der Waals surface area contributed by atoms with E-state index in [4.69, 9.17) is 4.74 Å². The number of Topliss-reactive ketones (excluding diaryl/α,β-unsaturated/α-hetero) is 1. The number of aromatic nitrogens is 1. The van der Waals surface area contributed by atoms with Crippen LogP contribution >= 0.6 is 0 Å². The van der Waals surface area contributed by atoms with Crippen LogP contribution in [0.2, 0.25) is 0 Å². The van der Waals surface area contributed by atoms with Crippen molar-refractivity contribution in [1.29, 1.82) is 0 Å². The molecule has 0 radical (unpaired) electrons. The van der Waals surface area contributed by atoms with E-state index < -0.39 is 17.7 Å². The molecule has 3 aromatic carbocycles. The number of carbonyl (C=O) groups excluding carboxylic acids is 4. The maximum atomic E-state index is 13.6. The Labute approximate surface area is 237 Å². The summed E-state index contributed by atoms with van der Waals surface area (Å²) in [7, 11) is 0. The number of nitrogens with one attached hydrogen (secondary N) is 1. The van der Waals surface area contributed by atoms with Crippen LogP contribution in [0.4, 0.5) is 5.69 Å². The fourth-order valence-corrected chi connectivity index (χ4v) is 5.75. The molecule has 208 valence electrons. The third kappa shape index (κ3) is 5.37. The van der Waals surface area contributed by atoms with Gasteiger partial charge >= 0.3 is 5.97 Å². The highest BCUT2D eigenvalue weighted by Gasteiger charge is 2.43. The van der Waals surface area contributed by atoms with Crippen LogP contribution in [0.5, 0.6) is 0 Å². The van der Waals surface area contributed by atoms with Gasteiger partial charge in [-0.05, 0) is 60.6 Å². The van der Waals surface area contributed by atoms with Crippen molar-refractivity contribution < 1.29 is 23.9 Å². The zero-order valence-corrected chi connectivity index (χ0v) is 22.8. The van der Waals surface area contributed by atoms with Crippen LogP contribution in [0.3, 0.4) is 0 Å². The number of anilines is 1. The molecule has 1 aliphatic carbocycles. The lowest BCUT2D eigenvalue weighted by atomic mass is 9.99. The quantitative estimate of drug-likeness (QED) is 0.195. The van der Waals surface area contributed by atoms with Gasteiger partial charge in [-0.1, -0.05) is 54.6 Å². The molecule has 41 heavy (non-hydrogen) atoms. The average molecular weight is 550 g/mol. The Hall–Kier alpha value is -4.72. The van der Waals surface area contributed by atoms with Crippen molar-refractivity contribution in [3.05, 3.63) is 101 Å². The van der Waals surface area contributed by atoms with Crippen molar-refractivity contribution in [1.82, 2.24) is 9.47 Å². The number of rotatable bonds is 8. The van der Waals surface area contributed by atoms with E-state index in [1.165, 1.54) is 11.8 Å². The first-order valence-corrected chi connectivity index (χ1v) is 14.0. The second-order valence-electron chi connectivity index (χ2n) is 10.6. The van der Waals surface area contributed by atoms with Crippen molar-refractivity contribution in [2.75, 3.05) is 18.5 Å². The van der Waals surface area contributed by atoms with Crippen LogP contribution in [-0.2, 0) is 38.6 Å². The van der Waals surface area contributed by atoms with Gasteiger partial charge in [0.2, 0.25) is 5.91 Å². The molecule has 2 amide bonds. The van der Waals surface area contributed by atoms with E-state index in [0.717, 1.165) is 17.5 Å². The summed E-state index contributed by atoms with van der Waals surface area (Å²) in [6.45, 7) is 2.69. The fraction of sp³-hybridized carbons (Fsp3) is 0.273. The van der Waals surface area contributed by atoms with Gasteiger partial charge in [0.1, 0.15) is 6.54 Å². The molecule has 4 aromatic rings. The summed E-state index contributed by atoms with van der Waals surface area (Å²) in [4.78, 5) is 54.0. The zero-order valence-electron chi connectivity index (χ0n) is 22.8. The second-order valence-corrected chi connectivity index (χ2v) is 10.6. The predicted molar refractivity (Wildman–Crippen MR) is 154 cm³/mol. The van der Waals surface area contributed by atoms with Crippen LogP contribution < -0.4 is 5.32 Å². The number of ether oxygens (including phenoxy) is 1. The number of carbonyl (C=O) groups is 4. The third-order valence-electron chi connectivity index (χ3n) is 7.97. The Morgan fingerprint density at radius 2 is 1.71 bits per heavy atom. The summed E-state index contributed by atoms with van der Waals surface area (Å²) in [5.41, 5.74) is 4.68. The Morgan fingerprint density at radius 3 is 2.49 bits per heavy atom. The van der Waals surface area contributed by atoms with E-state index in [0.29, 0.717) is 36.1 Å². The largest absolute Gasteiger partial charge is 0.465 e. The summed E-state index contributed by atoms with van der Waals surface area (Å²) >= 11 is 0. The number of amides is 2. The molecule has 0 saturated heterocycles. The number of benzene rings is 3. The molecule has 2 aliphatic rings. The molecule has 1 aromatic heterocycles. The van der Waals surface area contributed by atoms with E-state index in [1.807, 2.05) is 54.6 Å². The Morgan fingerprint density at radius 1 is 0.951 bits per heavy atom. The maximum Gasteiger partial charge on any atom is 0.325 e. The summed E-state index contributed by atoms with van der Waals surface area (Å²) in [5.74, 6) is -1.69. The van der Waals surface area contributed by atoms with E-state index in [-0.39, 0.29) is 36.5 Å². The summed E-state index contributed by atoms with van der Waals surface area (Å²) in [6, 6.07) is 23.1. The van der Waals surface area contributed by atoms with Crippen LogP contribution in [0.15, 0.2) is 79.0 Å². The number of nitrogens with zero attached hydrogens (tertiary/aromatic N) is 2. The normalized spacial score (nSPS) is 17.5. The fourth-order valence-electron chi connectivity index (χ4n) is 5.75. The molecule has 1 aliphatic heterocycles. The first-order chi connectivity index (χ1) is 19.9. The molecule has 1 unspecified atom stereocenters. The second kappa shape index (κ2) is 11.0. The lowest BCUT2D eigenvalue weighted by Gasteiger charge is -2.28. The molecule has 8 heteroatoms. The summed E-state index contributed by atoms with van der Waals surface area (Å²) in [5, 5.41) is 3.49. The van der Waals surface area contributed by atoms with E-state index in [2.05, 4.69) is 5.32 Å². The van der Waals surface area contributed by atoms with Crippen LogP contribution in [0.1, 0.15) is 46.3 Å². The molecule has 0 spiro atoms. The van der Waals surface area contributed by atoms with Gasteiger partial charge in [-0.25, -0.2) is 0 Å². The van der Waals surface area contributed by atoms with E-state index in [1.54, 1.807) is 34.6 Å². The smallest absolute Gasteiger partial charge is 0.325 e. The van der Waals surface area contributed by atoms with E-state index in [9.17, 15) is 19.2 Å². The number of ketones is 1. The predicted octanol–water partition coefficient (Wildman–Crippen LogP) is 4.71. The first-order valence-electron chi connectivity index (χ1n) is 14.0. The summed E-state index contributed by atoms with van der Waals surface area (Å²) < 4.78 is 6.74. The van der Waals surface area contributed by atoms with Crippen molar-refractivity contribution in [2.24, 2.45) is 5.92 Å². The number of esters is 1. The molecule has 1 N–H and O–H groups in total. The summed E-state index contributed by atoms with van der Waals surface area (Å²) in [6.07, 6.45) is 3.00. The minimum Gasteiger partial charge on any atom is -0.465 e. The van der Waals surface area contributed by atoms with Crippen molar-refractivity contribution >= 4 is 40.2 Å². The Balaban J connectivity index is 1.26. The van der Waals surface area contributed by atoms with Gasteiger partial charge in [-0.3, -0.25) is 19.2 Å². The average Bonchev–Trinajstić information content (AvgIpc) is 3.73. The highest BCUT2D eigenvalue weighted by atomic mass is 16.5. The third-order valence-corrected chi connectivity index (χ3v) is 7.97. The van der Waals surface area contributed by atoms with Crippen molar-refractivity contribution in [3.63, 3.8) is 0 Å². The number of fused-ring (bicyclic) bond motifs is 2. The maximum absolute atomic E-state index is 13.6. The SMILES string of the molecule is CCOC(=O)Cn1cc(C(=O)C(=O)N2CCc3ccccc3C2)c2cc(NC(=O)C3C[C@H]3c3ccccc3)ccc21. The van der Waals surface area contributed by atoms with Crippen molar-refractivity contribution in [2.45, 2.75) is 38.8 Å². The standard InChI is InChI=1S/C33H31N3O5/c1-2-41-30(37)20-36-19-28(31(38)33(40)35-15-14-21-8-6-7-11-23(21)18-35)26-16-24(12-13-29(26)36)34-32(39)27-17-25(27)22-9-4-3-5-10-22/h3-13,16,19,25,27H,2,14-15,17-18,20H2,1H3,(H,34,39)/t25-,27?/m0/s1. The van der Waals surface area contributed by atoms with Gasteiger partial charge in [0, 0.05) is 41.8 Å². The van der Waals surface area contributed by atoms with Gasteiger partial charge in [0.05, 0.1) is 12.2 Å². The first kappa shape index (κ1) is 26.5. The molecular weight excluding hydrogens is 518 g/mol. The lowest BCUT2D eigenvalue weighted by molar-refractivity contribution is -0.143. The minimum atomic E-state index is -0.646. The Kier molecular flexibility index (Phi) is 7.14. The molecule has 1 fully saturated rings. The van der Waals surface area contributed by atoms with E-state index >= 15 is 0 Å². The van der Waals surface area contributed by atoms with Gasteiger partial charge in [0.25, 0.3) is 11.7 Å². The van der Waals surface area contributed by atoms with Crippen molar-refractivity contribution in [3.8, 4) is 0 Å². The molecule has 2 heterocycles. The van der Waals surface area contributed by atoms with Crippen LogP contribution in [-0.4, -0.2) is 46.2 Å².